The summed E-state index contributed by atoms with van der Waals surface area (Å²) < 4.78 is 34.8. The quantitative estimate of drug-likeness (QED) is 0.663. The van der Waals surface area contributed by atoms with E-state index in [-0.39, 0.29) is 10.7 Å². The third-order valence-electron chi connectivity index (χ3n) is 3.35. The number of rotatable bonds is 5. The standard InChI is InChI=1S/C16H13ClN2O5S/c1-23-12-3-2-4-13(9-12)25(21,22)19-18-16(20)15-8-10-7-11(17)5-6-14(10)24-15/h2-9,19H,1H3,(H,18,20). The largest absolute Gasteiger partial charge is 0.497 e. The highest BCUT2D eigenvalue weighted by atomic mass is 35.5. The van der Waals surface area contributed by atoms with Crippen LogP contribution in [-0.2, 0) is 10.0 Å². The molecule has 0 saturated heterocycles. The summed E-state index contributed by atoms with van der Waals surface area (Å²) in [6.07, 6.45) is 0. The maximum atomic E-state index is 12.2. The van der Waals surface area contributed by atoms with Gasteiger partial charge in [0.1, 0.15) is 11.3 Å². The minimum atomic E-state index is -3.96. The van der Waals surface area contributed by atoms with Crippen molar-refractivity contribution >= 4 is 38.5 Å². The van der Waals surface area contributed by atoms with Gasteiger partial charge in [-0.2, -0.15) is 0 Å². The molecule has 1 aromatic heterocycles. The smallest absolute Gasteiger partial charge is 0.301 e. The van der Waals surface area contributed by atoms with Crippen LogP contribution in [0.25, 0.3) is 11.0 Å². The van der Waals surface area contributed by atoms with Gasteiger partial charge in [-0.05, 0) is 36.4 Å². The van der Waals surface area contributed by atoms with E-state index in [1.807, 2.05) is 4.83 Å². The van der Waals surface area contributed by atoms with Gasteiger partial charge >= 0.3 is 5.91 Å². The molecule has 1 amide bonds. The van der Waals surface area contributed by atoms with Crippen molar-refractivity contribution in [2.45, 2.75) is 4.90 Å². The van der Waals surface area contributed by atoms with Crippen LogP contribution < -0.4 is 15.0 Å². The van der Waals surface area contributed by atoms with Gasteiger partial charge in [0.15, 0.2) is 5.76 Å². The Bertz CT molecular complexity index is 1050. The third kappa shape index (κ3) is 3.76. The molecule has 0 radical (unpaired) electrons. The van der Waals surface area contributed by atoms with Crippen molar-refractivity contribution < 1.29 is 22.4 Å². The summed E-state index contributed by atoms with van der Waals surface area (Å²) in [6.45, 7) is 0. The number of nitrogens with one attached hydrogen (secondary N) is 2. The molecule has 25 heavy (non-hydrogen) atoms. The van der Waals surface area contributed by atoms with E-state index in [1.165, 1.54) is 31.4 Å². The summed E-state index contributed by atoms with van der Waals surface area (Å²) in [5.41, 5.74) is 2.57. The molecule has 3 rings (SSSR count). The van der Waals surface area contributed by atoms with Gasteiger partial charge in [-0.15, -0.1) is 4.83 Å². The molecule has 0 atom stereocenters. The van der Waals surface area contributed by atoms with Crippen LogP contribution in [-0.4, -0.2) is 21.4 Å². The van der Waals surface area contributed by atoms with Gasteiger partial charge in [0, 0.05) is 16.5 Å². The first-order chi connectivity index (χ1) is 11.9. The molecule has 7 nitrogen and oxygen atoms in total. The van der Waals surface area contributed by atoms with Gasteiger partial charge in [-0.25, -0.2) is 8.42 Å². The van der Waals surface area contributed by atoms with E-state index in [9.17, 15) is 13.2 Å². The molecule has 9 heteroatoms. The van der Waals surface area contributed by atoms with E-state index in [4.69, 9.17) is 20.8 Å². The van der Waals surface area contributed by atoms with Crippen molar-refractivity contribution in [3.8, 4) is 5.75 Å². The molecule has 130 valence electrons. The molecule has 2 N–H and O–H groups in total. The molecular formula is C16H13ClN2O5S. The first-order valence-corrected chi connectivity index (χ1v) is 8.90. The Balaban J connectivity index is 1.75. The molecule has 0 unspecified atom stereocenters. The number of amides is 1. The van der Waals surface area contributed by atoms with Crippen molar-refractivity contribution in [2.75, 3.05) is 7.11 Å². The Morgan fingerprint density at radius 2 is 1.96 bits per heavy atom. The maximum Gasteiger partial charge on any atom is 0.301 e. The van der Waals surface area contributed by atoms with Crippen LogP contribution in [0, 0.1) is 0 Å². The van der Waals surface area contributed by atoms with Crippen molar-refractivity contribution in [3.05, 3.63) is 59.3 Å². The Kier molecular flexibility index (Phi) is 4.67. The number of carbonyl (C=O) groups excluding carboxylic acids is 1. The first kappa shape index (κ1) is 17.3. The number of hydrogen-bond acceptors (Lipinski definition) is 5. The molecule has 3 aromatic rings. The normalized spacial score (nSPS) is 11.4. The van der Waals surface area contributed by atoms with Gasteiger partial charge in [0.2, 0.25) is 0 Å². The summed E-state index contributed by atoms with van der Waals surface area (Å²) >= 11 is 5.88. The summed E-state index contributed by atoms with van der Waals surface area (Å²) in [4.78, 5) is 14.1. The second-order valence-electron chi connectivity index (χ2n) is 5.03. The summed E-state index contributed by atoms with van der Waals surface area (Å²) in [5, 5.41) is 1.13. The minimum Gasteiger partial charge on any atom is -0.497 e. The Hall–Kier alpha value is -2.55. The van der Waals surface area contributed by atoms with E-state index in [0.29, 0.717) is 21.7 Å². The average molecular weight is 381 g/mol. The minimum absolute atomic E-state index is 0.0504. The number of halogens is 1. The monoisotopic (exact) mass is 380 g/mol. The molecule has 0 fully saturated rings. The zero-order valence-corrected chi connectivity index (χ0v) is 14.5. The fourth-order valence-electron chi connectivity index (χ4n) is 2.13. The number of furan rings is 1. The van der Waals surface area contributed by atoms with E-state index in [2.05, 4.69) is 5.43 Å². The van der Waals surface area contributed by atoms with Gasteiger partial charge in [0.25, 0.3) is 10.0 Å². The number of fused-ring (bicyclic) bond motifs is 1. The van der Waals surface area contributed by atoms with Gasteiger partial charge in [0.05, 0.1) is 12.0 Å². The van der Waals surface area contributed by atoms with Crippen molar-refractivity contribution in [3.63, 3.8) is 0 Å². The van der Waals surface area contributed by atoms with E-state index in [0.717, 1.165) is 0 Å². The maximum absolute atomic E-state index is 12.2. The predicted octanol–water partition coefficient (Wildman–Crippen LogP) is 2.72. The Labute approximate surface area is 148 Å². The van der Waals surface area contributed by atoms with Crippen LogP contribution in [0.4, 0.5) is 0 Å². The zero-order chi connectivity index (χ0) is 18.0. The average Bonchev–Trinajstić information content (AvgIpc) is 3.03. The fraction of sp³-hybridized carbons (Fsp3) is 0.0625. The molecule has 0 aliphatic carbocycles. The van der Waals surface area contributed by atoms with E-state index in [1.54, 1.807) is 24.3 Å². The highest BCUT2D eigenvalue weighted by molar-refractivity contribution is 7.89. The second-order valence-corrected chi connectivity index (χ2v) is 7.15. The lowest BCUT2D eigenvalue weighted by Gasteiger charge is -2.08. The molecule has 0 aliphatic heterocycles. The van der Waals surface area contributed by atoms with Gasteiger partial charge in [-0.1, -0.05) is 17.7 Å². The van der Waals surface area contributed by atoms with Crippen molar-refractivity contribution in [1.29, 1.82) is 0 Å². The first-order valence-electron chi connectivity index (χ1n) is 7.04. The lowest BCUT2D eigenvalue weighted by atomic mass is 10.2. The number of benzene rings is 2. The third-order valence-corrected chi connectivity index (χ3v) is 4.83. The number of ether oxygens (including phenoxy) is 1. The van der Waals surface area contributed by atoms with Crippen LogP contribution in [0.5, 0.6) is 5.75 Å². The lowest BCUT2D eigenvalue weighted by Crippen LogP contribution is -2.41. The van der Waals surface area contributed by atoms with Crippen LogP contribution >= 0.6 is 11.6 Å². The molecule has 0 spiro atoms. The SMILES string of the molecule is COc1cccc(S(=O)(=O)NNC(=O)c2cc3cc(Cl)ccc3o2)c1. The summed E-state index contributed by atoms with van der Waals surface area (Å²) in [6, 6.07) is 12.2. The number of sulfonamides is 1. The van der Waals surface area contributed by atoms with Crippen molar-refractivity contribution in [2.24, 2.45) is 0 Å². The molecular weight excluding hydrogens is 368 g/mol. The zero-order valence-electron chi connectivity index (χ0n) is 12.9. The highest BCUT2D eigenvalue weighted by Crippen LogP contribution is 2.23. The molecule has 1 heterocycles. The van der Waals surface area contributed by atoms with Crippen LogP contribution in [0.3, 0.4) is 0 Å². The van der Waals surface area contributed by atoms with Crippen LogP contribution in [0.2, 0.25) is 5.02 Å². The Morgan fingerprint density at radius 1 is 1.16 bits per heavy atom. The Morgan fingerprint density at radius 3 is 2.72 bits per heavy atom. The summed E-state index contributed by atoms with van der Waals surface area (Å²) in [5.74, 6) is -0.409. The number of hydrogen-bond donors (Lipinski definition) is 2. The van der Waals surface area contributed by atoms with E-state index >= 15 is 0 Å². The highest BCUT2D eigenvalue weighted by Gasteiger charge is 2.18. The van der Waals surface area contributed by atoms with E-state index < -0.39 is 15.9 Å². The number of carbonyl (C=O) groups is 1. The predicted molar refractivity (Wildman–Crippen MR) is 92.0 cm³/mol. The lowest BCUT2D eigenvalue weighted by molar-refractivity contribution is 0.0919. The van der Waals surface area contributed by atoms with Crippen LogP contribution in [0.1, 0.15) is 10.6 Å². The van der Waals surface area contributed by atoms with Crippen LogP contribution in [0.15, 0.2) is 57.8 Å². The second kappa shape index (κ2) is 6.75. The van der Waals surface area contributed by atoms with Crippen molar-refractivity contribution in [1.82, 2.24) is 10.3 Å². The number of methoxy groups -OCH3 is 1. The summed E-state index contributed by atoms with van der Waals surface area (Å²) in [7, 11) is -2.53. The molecule has 0 aliphatic rings. The fourth-order valence-corrected chi connectivity index (χ4v) is 3.18. The van der Waals surface area contributed by atoms with Gasteiger partial charge in [-0.3, -0.25) is 10.2 Å². The topological polar surface area (TPSA) is 97.6 Å². The number of hydrazine groups is 1. The molecule has 0 bridgehead atoms. The van der Waals surface area contributed by atoms with Gasteiger partial charge < -0.3 is 9.15 Å². The molecule has 2 aromatic carbocycles. The molecule has 0 saturated carbocycles.